The van der Waals surface area contributed by atoms with E-state index in [2.05, 4.69) is 30.1 Å². The largest absolute Gasteiger partial charge is 0.409 e. The summed E-state index contributed by atoms with van der Waals surface area (Å²) in [5, 5.41) is 11.8. The van der Waals surface area contributed by atoms with E-state index in [-0.39, 0.29) is 5.84 Å². The summed E-state index contributed by atoms with van der Waals surface area (Å²) in [7, 11) is 2.20. The maximum atomic E-state index is 8.77. The summed E-state index contributed by atoms with van der Waals surface area (Å²) in [5.74, 6) is 1.10. The van der Waals surface area contributed by atoms with Gasteiger partial charge < -0.3 is 10.9 Å². The van der Waals surface area contributed by atoms with Crippen molar-refractivity contribution in [2.75, 3.05) is 7.05 Å². The van der Waals surface area contributed by atoms with Crippen LogP contribution in [-0.2, 0) is 6.54 Å². The zero-order valence-corrected chi connectivity index (χ0v) is 13.1. The molecule has 2 rings (SSSR count). The zero-order valence-electron chi connectivity index (χ0n) is 13.1. The Morgan fingerprint density at radius 1 is 1.33 bits per heavy atom. The molecule has 0 heterocycles. The number of nitrogens with zero attached hydrogens (tertiary/aromatic N) is 2. The van der Waals surface area contributed by atoms with Crippen molar-refractivity contribution in [1.82, 2.24) is 4.90 Å². The van der Waals surface area contributed by atoms with Crippen molar-refractivity contribution in [1.29, 1.82) is 0 Å². The maximum absolute atomic E-state index is 8.77. The van der Waals surface area contributed by atoms with Gasteiger partial charge >= 0.3 is 0 Å². The Labute approximate surface area is 127 Å². The first-order chi connectivity index (χ1) is 10.1. The Morgan fingerprint density at radius 2 is 2.05 bits per heavy atom. The number of hydrogen-bond acceptors (Lipinski definition) is 3. The molecule has 1 aliphatic rings. The molecular formula is C17H27N3O. The molecule has 3 N–H and O–H groups in total. The summed E-state index contributed by atoms with van der Waals surface area (Å²) >= 11 is 0. The summed E-state index contributed by atoms with van der Waals surface area (Å²) in [6.45, 7) is 3.21. The molecule has 0 radical (unpaired) electrons. The minimum absolute atomic E-state index is 0.169. The predicted octanol–water partition coefficient (Wildman–Crippen LogP) is 3.18. The number of hydrogen-bond donors (Lipinski definition) is 2. The Bertz CT molecular complexity index is 479. The fourth-order valence-corrected chi connectivity index (χ4v) is 3.30. The first-order valence-electron chi connectivity index (χ1n) is 7.91. The molecule has 1 aliphatic carbocycles. The average Bonchev–Trinajstić information content (AvgIpc) is 2.54. The third kappa shape index (κ3) is 4.21. The van der Waals surface area contributed by atoms with Crippen LogP contribution in [0.3, 0.4) is 0 Å². The number of benzene rings is 1. The van der Waals surface area contributed by atoms with Gasteiger partial charge in [0.15, 0.2) is 5.84 Å². The third-order valence-electron chi connectivity index (χ3n) is 4.78. The maximum Gasteiger partial charge on any atom is 0.170 e. The van der Waals surface area contributed by atoms with Crippen molar-refractivity contribution in [3.8, 4) is 0 Å². The van der Waals surface area contributed by atoms with Gasteiger partial charge in [0.05, 0.1) is 0 Å². The topological polar surface area (TPSA) is 61.8 Å². The fourth-order valence-electron chi connectivity index (χ4n) is 3.30. The van der Waals surface area contributed by atoms with E-state index >= 15 is 0 Å². The van der Waals surface area contributed by atoms with E-state index in [1.165, 1.54) is 37.7 Å². The quantitative estimate of drug-likeness (QED) is 0.379. The van der Waals surface area contributed by atoms with E-state index in [0.29, 0.717) is 6.04 Å². The van der Waals surface area contributed by atoms with Crippen molar-refractivity contribution < 1.29 is 5.21 Å². The van der Waals surface area contributed by atoms with Crippen LogP contribution in [-0.4, -0.2) is 29.0 Å². The molecule has 0 aromatic heterocycles. The molecule has 1 saturated carbocycles. The Kier molecular flexibility index (Phi) is 5.62. The van der Waals surface area contributed by atoms with Crippen LogP contribution in [0, 0.1) is 5.92 Å². The first kappa shape index (κ1) is 15.8. The van der Waals surface area contributed by atoms with E-state index < -0.39 is 0 Å². The van der Waals surface area contributed by atoms with Crippen LogP contribution in [0.2, 0.25) is 0 Å². The lowest BCUT2D eigenvalue weighted by Gasteiger charge is -2.34. The van der Waals surface area contributed by atoms with Crippen LogP contribution in [0.1, 0.15) is 50.2 Å². The van der Waals surface area contributed by atoms with Crippen molar-refractivity contribution in [2.45, 2.75) is 51.6 Å². The molecule has 21 heavy (non-hydrogen) atoms. The van der Waals surface area contributed by atoms with Gasteiger partial charge in [-0.15, -0.1) is 0 Å². The molecule has 1 aromatic rings. The summed E-state index contributed by atoms with van der Waals surface area (Å²) in [6, 6.07) is 8.61. The molecule has 0 amide bonds. The standard InChI is InChI=1S/C17H27N3O/c1-3-13-7-9-16(10-8-13)20(2)12-14-5-4-6-15(11-14)17(18)19-21/h4-6,11,13,16,21H,3,7-10,12H2,1-2H3,(H2,18,19). The van der Waals surface area contributed by atoms with Gasteiger partial charge in [0.25, 0.3) is 0 Å². The van der Waals surface area contributed by atoms with E-state index in [0.717, 1.165) is 18.0 Å². The lowest BCUT2D eigenvalue weighted by atomic mass is 9.84. The fraction of sp³-hybridized carbons (Fsp3) is 0.588. The summed E-state index contributed by atoms with van der Waals surface area (Å²) in [5.41, 5.74) is 7.64. The SMILES string of the molecule is CCC1CCC(N(C)Cc2cccc(C(N)=NO)c2)CC1. The number of nitrogens with two attached hydrogens (primary N) is 1. The lowest BCUT2D eigenvalue weighted by Crippen LogP contribution is -2.34. The van der Waals surface area contributed by atoms with Gasteiger partial charge in [0.1, 0.15) is 0 Å². The smallest absolute Gasteiger partial charge is 0.170 e. The molecule has 1 fully saturated rings. The first-order valence-corrected chi connectivity index (χ1v) is 7.91. The number of oxime groups is 1. The van der Waals surface area contributed by atoms with Crippen molar-refractivity contribution >= 4 is 5.84 Å². The predicted molar refractivity (Wildman–Crippen MR) is 86.5 cm³/mol. The van der Waals surface area contributed by atoms with Gasteiger partial charge in [-0.3, -0.25) is 4.90 Å². The van der Waals surface area contributed by atoms with E-state index in [1.807, 2.05) is 18.2 Å². The van der Waals surface area contributed by atoms with Crippen LogP contribution in [0.4, 0.5) is 0 Å². The summed E-state index contributed by atoms with van der Waals surface area (Å²) < 4.78 is 0. The van der Waals surface area contributed by atoms with Crippen LogP contribution < -0.4 is 5.73 Å². The van der Waals surface area contributed by atoms with Crippen molar-refractivity contribution in [3.63, 3.8) is 0 Å². The molecule has 116 valence electrons. The van der Waals surface area contributed by atoms with Gasteiger partial charge in [-0.1, -0.05) is 36.7 Å². The molecule has 1 aromatic carbocycles. The lowest BCUT2D eigenvalue weighted by molar-refractivity contribution is 0.157. The monoisotopic (exact) mass is 289 g/mol. The van der Waals surface area contributed by atoms with Gasteiger partial charge in [-0.2, -0.15) is 0 Å². The van der Waals surface area contributed by atoms with Gasteiger partial charge in [0, 0.05) is 18.2 Å². The second-order valence-corrected chi connectivity index (χ2v) is 6.18. The highest BCUT2D eigenvalue weighted by atomic mass is 16.4. The third-order valence-corrected chi connectivity index (χ3v) is 4.78. The van der Waals surface area contributed by atoms with E-state index in [9.17, 15) is 0 Å². The Morgan fingerprint density at radius 3 is 2.67 bits per heavy atom. The Hall–Kier alpha value is -1.55. The summed E-state index contributed by atoms with van der Waals surface area (Å²) in [4.78, 5) is 2.44. The van der Waals surface area contributed by atoms with Crippen molar-refractivity contribution in [3.05, 3.63) is 35.4 Å². The molecule has 4 nitrogen and oxygen atoms in total. The van der Waals surface area contributed by atoms with Crippen molar-refractivity contribution in [2.24, 2.45) is 16.8 Å². The number of rotatable bonds is 5. The van der Waals surface area contributed by atoms with Gasteiger partial charge in [0.2, 0.25) is 0 Å². The molecule has 0 unspecified atom stereocenters. The van der Waals surface area contributed by atoms with E-state index in [1.54, 1.807) is 0 Å². The second kappa shape index (κ2) is 7.46. The molecular weight excluding hydrogens is 262 g/mol. The zero-order chi connectivity index (χ0) is 15.2. The molecule has 0 aliphatic heterocycles. The minimum Gasteiger partial charge on any atom is -0.409 e. The molecule has 0 saturated heterocycles. The van der Waals surface area contributed by atoms with Crippen LogP contribution >= 0.6 is 0 Å². The van der Waals surface area contributed by atoms with Crippen LogP contribution in [0.25, 0.3) is 0 Å². The van der Waals surface area contributed by atoms with Crippen LogP contribution in [0.15, 0.2) is 29.4 Å². The minimum atomic E-state index is 0.169. The number of amidine groups is 1. The normalized spacial score (nSPS) is 23.5. The average molecular weight is 289 g/mol. The molecule has 4 heteroatoms. The van der Waals surface area contributed by atoms with Gasteiger partial charge in [-0.05, 0) is 50.3 Å². The summed E-state index contributed by atoms with van der Waals surface area (Å²) in [6.07, 6.45) is 6.63. The Balaban J connectivity index is 1.95. The highest BCUT2D eigenvalue weighted by Gasteiger charge is 2.22. The van der Waals surface area contributed by atoms with Crippen LogP contribution in [0.5, 0.6) is 0 Å². The highest BCUT2D eigenvalue weighted by molar-refractivity contribution is 5.97. The van der Waals surface area contributed by atoms with E-state index in [4.69, 9.17) is 10.9 Å². The molecule has 0 bridgehead atoms. The van der Waals surface area contributed by atoms with Gasteiger partial charge in [-0.25, -0.2) is 0 Å². The molecule has 0 atom stereocenters. The molecule has 0 spiro atoms. The second-order valence-electron chi connectivity index (χ2n) is 6.18. The highest BCUT2D eigenvalue weighted by Crippen LogP contribution is 2.29.